The van der Waals surface area contributed by atoms with Crippen molar-refractivity contribution in [3.63, 3.8) is 0 Å². The zero-order chi connectivity index (χ0) is 14.7. The maximum atomic E-state index is 8.79. The Hall–Kier alpha value is -2.39. The van der Waals surface area contributed by atoms with Crippen molar-refractivity contribution in [1.82, 2.24) is 15.0 Å². The van der Waals surface area contributed by atoms with Gasteiger partial charge in [-0.2, -0.15) is 5.26 Å². The molecule has 0 aliphatic carbocycles. The molecule has 0 bridgehead atoms. The molecule has 21 heavy (non-hydrogen) atoms. The zero-order valence-corrected chi connectivity index (χ0v) is 12.0. The minimum atomic E-state index is 0.596. The molecule has 0 radical (unpaired) electrons. The number of nitriles is 1. The number of piperazine rings is 1. The molecule has 1 aliphatic heterocycles. The van der Waals surface area contributed by atoms with Gasteiger partial charge in [0.15, 0.2) is 0 Å². The van der Waals surface area contributed by atoms with Crippen LogP contribution in [0, 0.1) is 18.3 Å². The molecule has 6 nitrogen and oxygen atoms in total. The Balaban J connectivity index is 1.56. The monoisotopic (exact) mass is 283 g/mol. The largest absolute Gasteiger partial charge is 0.361 e. The van der Waals surface area contributed by atoms with Crippen molar-refractivity contribution in [1.29, 1.82) is 5.26 Å². The fraction of sp³-hybridized carbons (Fsp3) is 0.400. The van der Waals surface area contributed by atoms with Gasteiger partial charge in [-0.15, -0.1) is 0 Å². The van der Waals surface area contributed by atoms with Crippen LogP contribution >= 0.6 is 0 Å². The summed E-state index contributed by atoms with van der Waals surface area (Å²) in [6.07, 6.45) is 1.62. The SMILES string of the molecule is Cc1cc(CN2CCN(c3ccc(C#N)cn3)CC2)no1. The van der Waals surface area contributed by atoms with E-state index in [1.165, 1.54) is 0 Å². The number of pyridine rings is 1. The molecular weight excluding hydrogens is 266 g/mol. The topological polar surface area (TPSA) is 69.2 Å². The molecule has 6 heteroatoms. The van der Waals surface area contributed by atoms with Gasteiger partial charge in [0.2, 0.25) is 0 Å². The molecular formula is C15H17N5O. The van der Waals surface area contributed by atoms with Gasteiger partial charge in [0, 0.05) is 45.0 Å². The molecule has 108 valence electrons. The van der Waals surface area contributed by atoms with Crippen LogP contribution in [0.4, 0.5) is 5.82 Å². The fourth-order valence-electron chi connectivity index (χ4n) is 2.50. The van der Waals surface area contributed by atoms with Crippen molar-refractivity contribution in [2.24, 2.45) is 0 Å². The zero-order valence-electron chi connectivity index (χ0n) is 12.0. The summed E-state index contributed by atoms with van der Waals surface area (Å²) >= 11 is 0. The normalized spacial score (nSPS) is 15.9. The Bertz CT molecular complexity index is 635. The highest BCUT2D eigenvalue weighted by Crippen LogP contribution is 2.15. The molecule has 0 aromatic carbocycles. The summed E-state index contributed by atoms with van der Waals surface area (Å²) in [6, 6.07) is 7.79. The summed E-state index contributed by atoms with van der Waals surface area (Å²) in [6.45, 7) is 6.52. The number of aromatic nitrogens is 2. The molecule has 0 atom stereocenters. The second-order valence-electron chi connectivity index (χ2n) is 5.21. The average Bonchev–Trinajstić information content (AvgIpc) is 2.93. The molecule has 0 unspecified atom stereocenters. The number of aryl methyl sites for hydroxylation is 1. The van der Waals surface area contributed by atoms with Crippen molar-refractivity contribution in [2.75, 3.05) is 31.1 Å². The Morgan fingerprint density at radius 3 is 2.67 bits per heavy atom. The van der Waals surface area contributed by atoms with E-state index in [1.54, 1.807) is 6.20 Å². The van der Waals surface area contributed by atoms with Gasteiger partial charge in [-0.25, -0.2) is 4.98 Å². The highest BCUT2D eigenvalue weighted by Gasteiger charge is 2.19. The van der Waals surface area contributed by atoms with E-state index in [2.05, 4.69) is 26.0 Å². The first kappa shape index (κ1) is 13.6. The van der Waals surface area contributed by atoms with Crippen molar-refractivity contribution < 1.29 is 4.52 Å². The van der Waals surface area contributed by atoms with Gasteiger partial charge < -0.3 is 9.42 Å². The van der Waals surface area contributed by atoms with E-state index in [0.29, 0.717) is 5.56 Å². The quantitative estimate of drug-likeness (QED) is 0.851. The predicted molar refractivity (Wildman–Crippen MR) is 77.7 cm³/mol. The van der Waals surface area contributed by atoms with Gasteiger partial charge in [-0.3, -0.25) is 4.90 Å². The maximum Gasteiger partial charge on any atom is 0.133 e. The number of anilines is 1. The van der Waals surface area contributed by atoms with Gasteiger partial charge in [-0.05, 0) is 19.1 Å². The lowest BCUT2D eigenvalue weighted by molar-refractivity contribution is 0.241. The standard InChI is InChI=1S/C15H17N5O/c1-12-8-14(18-21-12)11-19-4-6-20(7-5-19)15-3-2-13(9-16)10-17-15/h2-3,8,10H,4-7,11H2,1H3. The smallest absolute Gasteiger partial charge is 0.133 e. The first-order valence-electron chi connectivity index (χ1n) is 7.00. The average molecular weight is 283 g/mol. The summed E-state index contributed by atoms with van der Waals surface area (Å²) in [5.41, 5.74) is 1.58. The van der Waals surface area contributed by atoms with Crippen LogP contribution in [0.2, 0.25) is 0 Å². The third-order valence-corrected chi connectivity index (χ3v) is 3.64. The van der Waals surface area contributed by atoms with E-state index >= 15 is 0 Å². The minimum absolute atomic E-state index is 0.596. The van der Waals surface area contributed by atoms with Crippen molar-refractivity contribution in [3.8, 4) is 6.07 Å². The van der Waals surface area contributed by atoms with E-state index < -0.39 is 0 Å². The Morgan fingerprint density at radius 1 is 1.29 bits per heavy atom. The van der Waals surface area contributed by atoms with Crippen molar-refractivity contribution in [2.45, 2.75) is 13.5 Å². The molecule has 3 rings (SSSR count). The second-order valence-corrected chi connectivity index (χ2v) is 5.21. The predicted octanol–water partition coefficient (Wildman–Crippen LogP) is 1.57. The van der Waals surface area contributed by atoms with Crippen molar-refractivity contribution in [3.05, 3.63) is 41.4 Å². The van der Waals surface area contributed by atoms with Crippen LogP contribution in [0.25, 0.3) is 0 Å². The summed E-state index contributed by atoms with van der Waals surface area (Å²) in [4.78, 5) is 8.94. The third kappa shape index (κ3) is 3.20. The summed E-state index contributed by atoms with van der Waals surface area (Å²) in [5, 5.41) is 12.8. The van der Waals surface area contributed by atoms with Gasteiger partial charge in [0.1, 0.15) is 17.6 Å². The van der Waals surface area contributed by atoms with Crippen LogP contribution in [-0.2, 0) is 6.54 Å². The first-order valence-corrected chi connectivity index (χ1v) is 7.00. The van der Waals surface area contributed by atoms with Crippen LogP contribution in [0.1, 0.15) is 17.0 Å². The first-order chi connectivity index (χ1) is 10.2. The molecule has 2 aromatic rings. The molecule has 0 spiro atoms. The van der Waals surface area contributed by atoms with E-state index in [1.807, 2.05) is 25.1 Å². The Labute approximate surface area is 123 Å². The fourth-order valence-corrected chi connectivity index (χ4v) is 2.50. The third-order valence-electron chi connectivity index (χ3n) is 3.64. The summed E-state index contributed by atoms with van der Waals surface area (Å²) < 4.78 is 5.09. The van der Waals surface area contributed by atoms with Crippen LogP contribution in [0.15, 0.2) is 28.9 Å². The lowest BCUT2D eigenvalue weighted by atomic mass is 10.2. The lowest BCUT2D eigenvalue weighted by Gasteiger charge is -2.34. The van der Waals surface area contributed by atoms with Crippen LogP contribution in [0.3, 0.4) is 0 Å². The molecule has 1 fully saturated rings. The van der Waals surface area contributed by atoms with Gasteiger partial charge in [0.05, 0.1) is 11.3 Å². The molecule has 3 heterocycles. The highest BCUT2D eigenvalue weighted by molar-refractivity contribution is 5.42. The van der Waals surface area contributed by atoms with Gasteiger partial charge >= 0.3 is 0 Å². The summed E-state index contributed by atoms with van der Waals surface area (Å²) in [5.74, 6) is 1.79. The van der Waals surface area contributed by atoms with E-state index in [0.717, 1.165) is 50.0 Å². The molecule has 0 amide bonds. The van der Waals surface area contributed by atoms with Gasteiger partial charge in [0.25, 0.3) is 0 Å². The lowest BCUT2D eigenvalue weighted by Crippen LogP contribution is -2.46. The van der Waals surface area contributed by atoms with E-state index in [4.69, 9.17) is 9.78 Å². The minimum Gasteiger partial charge on any atom is -0.361 e. The van der Waals surface area contributed by atoms with Crippen LogP contribution in [0.5, 0.6) is 0 Å². The van der Waals surface area contributed by atoms with Gasteiger partial charge in [-0.1, -0.05) is 5.16 Å². The van der Waals surface area contributed by atoms with Crippen LogP contribution in [-0.4, -0.2) is 41.2 Å². The number of hydrogen-bond donors (Lipinski definition) is 0. The van der Waals surface area contributed by atoms with E-state index in [-0.39, 0.29) is 0 Å². The number of nitrogens with zero attached hydrogens (tertiary/aromatic N) is 5. The molecule has 1 saturated heterocycles. The number of hydrogen-bond acceptors (Lipinski definition) is 6. The summed E-state index contributed by atoms with van der Waals surface area (Å²) in [7, 11) is 0. The highest BCUT2D eigenvalue weighted by atomic mass is 16.5. The van der Waals surface area contributed by atoms with E-state index in [9.17, 15) is 0 Å². The maximum absolute atomic E-state index is 8.79. The second kappa shape index (κ2) is 5.94. The van der Waals surface area contributed by atoms with Crippen LogP contribution < -0.4 is 4.90 Å². The molecule has 2 aromatic heterocycles. The Morgan fingerprint density at radius 2 is 2.10 bits per heavy atom. The Kier molecular flexibility index (Phi) is 3.84. The molecule has 0 saturated carbocycles. The molecule has 1 aliphatic rings. The number of rotatable bonds is 3. The molecule has 0 N–H and O–H groups in total. The van der Waals surface area contributed by atoms with Crippen molar-refractivity contribution >= 4 is 5.82 Å².